The van der Waals surface area contributed by atoms with E-state index >= 15 is 0 Å². The normalized spacial score (nSPS) is 18.4. The molecule has 4 heteroatoms. The molecular weight excluding hydrogens is 195 g/mol. The lowest BCUT2D eigenvalue weighted by molar-refractivity contribution is -0.121. The van der Waals surface area contributed by atoms with Gasteiger partial charge in [-0.1, -0.05) is 0 Å². The van der Waals surface area contributed by atoms with Crippen molar-refractivity contribution in [1.29, 1.82) is 0 Å². The number of carbonyl (C=O) groups excluding carboxylic acids is 1. The molecule has 0 bridgehead atoms. The Hall–Kier alpha value is -1.58. The topological polar surface area (TPSA) is 32.3 Å². The van der Waals surface area contributed by atoms with E-state index in [0.29, 0.717) is 11.4 Å². The van der Waals surface area contributed by atoms with E-state index in [9.17, 15) is 9.18 Å². The number of carbonyl (C=O) groups is 1. The third-order valence-corrected chi connectivity index (χ3v) is 2.61. The molecule has 1 aliphatic heterocycles. The van der Waals surface area contributed by atoms with Gasteiger partial charge in [-0.3, -0.25) is 4.79 Å². The summed E-state index contributed by atoms with van der Waals surface area (Å²) < 4.78 is 13.0. The van der Waals surface area contributed by atoms with E-state index in [0.717, 1.165) is 0 Å². The van der Waals surface area contributed by atoms with Gasteiger partial charge in [-0.25, -0.2) is 4.39 Å². The molecule has 3 nitrogen and oxygen atoms in total. The molecule has 15 heavy (non-hydrogen) atoms. The van der Waals surface area contributed by atoms with Gasteiger partial charge in [0.15, 0.2) is 0 Å². The fourth-order valence-electron chi connectivity index (χ4n) is 1.82. The van der Waals surface area contributed by atoms with Crippen LogP contribution in [0.5, 0.6) is 0 Å². The molecule has 0 aromatic heterocycles. The maximum Gasteiger partial charge on any atom is 0.251 e. The fourth-order valence-corrected chi connectivity index (χ4v) is 1.82. The van der Waals surface area contributed by atoms with Gasteiger partial charge in [0.05, 0.1) is 11.4 Å². The van der Waals surface area contributed by atoms with Crippen LogP contribution in [0.15, 0.2) is 18.2 Å². The molecule has 80 valence electrons. The molecular formula is C11H13FN2O. The maximum atomic E-state index is 13.0. The number of nitrogens with one attached hydrogen (secondary N) is 1. The lowest BCUT2D eigenvalue weighted by atomic mass is 9.98. The molecule has 1 amide bonds. The summed E-state index contributed by atoms with van der Waals surface area (Å²) >= 11 is 0. The summed E-state index contributed by atoms with van der Waals surface area (Å²) in [6, 6.07) is 4.35. The van der Waals surface area contributed by atoms with Gasteiger partial charge in [0.25, 0.3) is 5.91 Å². The summed E-state index contributed by atoms with van der Waals surface area (Å²) in [5, 5.41) is 3.03. The Morgan fingerprint density at radius 2 is 2.07 bits per heavy atom. The van der Waals surface area contributed by atoms with Gasteiger partial charge in [-0.2, -0.15) is 0 Å². The predicted molar refractivity (Wildman–Crippen MR) is 57.5 cm³/mol. The van der Waals surface area contributed by atoms with Gasteiger partial charge >= 0.3 is 0 Å². The highest BCUT2D eigenvalue weighted by Crippen LogP contribution is 2.34. The highest BCUT2D eigenvalue weighted by molar-refractivity contribution is 6.06. The van der Waals surface area contributed by atoms with Crippen molar-refractivity contribution in [3.63, 3.8) is 0 Å². The molecule has 0 saturated heterocycles. The highest BCUT2D eigenvalue weighted by Gasteiger charge is 2.36. The number of benzene rings is 1. The van der Waals surface area contributed by atoms with Crippen LogP contribution in [0.3, 0.4) is 0 Å². The number of amides is 1. The van der Waals surface area contributed by atoms with Gasteiger partial charge < -0.3 is 10.2 Å². The summed E-state index contributed by atoms with van der Waals surface area (Å²) in [7, 11) is 1.70. The number of likely N-dealkylation sites (N-methyl/N-ethyl adjacent to an activating group) is 1. The lowest BCUT2D eigenvalue weighted by Crippen LogP contribution is -2.52. The molecule has 0 aliphatic carbocycles. The van der Waals surface area contributed by atoms with Crippen LogP contribution < -0.4 is 10.2 Å². The number of fused-ring (bicyclic) bond motifs is 1. The van der Waals surface area contributed by atoms with Crippen molar-refractivity contribution < 1.29 is 9.18 Å². The van der Waals surface area contributed by atoms with E-state index < -0.39 is 5.54 Å². The van der Waals surface area contributed by atoms with E-state index in [1.54, 1.807) is 31.9 Å². The first-order valence-corrected chi connectivity index (χ1v) is 4.78. The summed E-state index contributed by atoms with van der Waals surface area (Å²) in [5.74, 6) is -0.332. The number of hydrogen-bond donors (Lipinski definition) is 1. The van der Waals surface area contributed by atoms with Crippen LogP contribution >= 0.6 is 0 Å². The van der Waals surface area contributed by atoms with Crippen molar-refractivity contribution in [2.24, 2.45) is 0 Å². The standard InChI is InChI=1S/C11H13FN2O/c1-11(2)10(15)14(3)9-5-4-7(12)6-8(9)13-11/h4-6,13H,1-3H3. The molecule has 0 unspecified atom stereocenters. The van der Waals surface area contributed by atoms with Crippen molar-refractivity contribution in [2.75, 3.05) is 17.3 Å². The van der Waals surface area contributed by atoms with Crippen LogP contribution in [0.25, 0.3) is 0 Å². The maximum absolute atomic E-state index is 13.0. The van der Waals surface area contributed by atoms with Crippen LogP contribution in [0, 0.1) is 5.82 Å². The van der Waals surface area contributed by atoms with Crippen LogP contribution in [-0.2, 0) is 4.79 Å². The molecule has 1 aliphatic rings. The van der Waals surface area contributed by atoms with E-state index in [1.165, 1.54) is 12.1 Å². The van der Waals surface area contributed by atoms with Gasteiger partial charge in [0, 0.05) is 7.05 Å². The van der Waals surface area contributed by atoms with Gasteiger partial charge in [-0.05, 0) is 32.0 Å². The Labute approximate surface area is 87.9 Å². The number of halogens is 1. The van der Waals surface area contributed by atoms with Crippen molar-refractivity contribution in [1.82, 2.24) is 0 Å². The average Bonchev–Trinajstić information content (AvgIpc) is 2.13. The number of hydrogen-bond acceptors (Lipinski definition) is 2. The summed E-state index contributed by atoms with van der Waals surface area (Å²) in [6.07, 6.45) is 0. The first-order chi connectivity index (χ1) is 6.92. The fraction of sp³-hybridized carbons (Fsp3) is 0.364. The van der Waals surface area contributed by atoms with Crippen LogP contribution in [-0.4, -0.2) is 18.5 Å². The molecule has 0 saturated carbocycles. The third-order valence-electron chi connectivity index (χ3n) is 2.61. The van der Waals surface area contributed by atoms with E-state index in [4.69, 9.17) is 0 Å². The van der Waals surface area contributed by atoms with E-state index in [-0.39, 0.29) is 11.7 Å². The number of anilines is 2. The minimum absolute atomic E-state index is 0.0263. The molecule has 0 spiro atoms. The Morgan fingerprint density at radius 3 is 2.73 bits per heavy atom. The van der Waals surface area contributed by atoms with Crippen LogP contribution in [0.2, 0.25) is 0 Å². The Kier molecular flexibility index (Phi) is 1.96. The second-order valence-electron chi connectivity index (χ2n) is 4.28. The quantitative estimate of drug-likeness (QED) is 0.707. The SMILES string of the molecule is CN1C(=O)C(C)(C)Nc2cc(F)ccc21. The second kappa shape index (κ2) is 2.95. The summed E-state index contributed by atoms with van der Waals surface area (Å²) in [6.45, 7) is 3.55. The molecule has 1 heterocycles. The average molecular weight is 208 g/mol. The van der Waals surface area contributed by atoms with Crippen LogP contribution in [0.4, 0.5) is 15.8 Å². The minimum Gasteiger partial charge on any atom is -0.370 e. The largest absolute Gasteiger partial charge is 0.370 e. The lowest BCUT2D eigenvalue weighted by Gasteiger charge is -2.37. The predicted octanol–water partition coefficient (Wildman–Crippen LogP) is 1.99. The molecule has 0 fully saturated rings. The first-order valence-electron chi connectivity index (χ1n) is 4.78. The highest BCUT2D eigenvalue weighted by atomic mass is 19.1. The zero-order valence-electron chi connectivity index (χ0n) is 8.97. The second-order valence-corrected chi connectivity index (χ2v) is 4.28. The Balaban J connectivity index is 2.55. The van der Waals surface area contributed by atoms with Crippen molar-refractivity contribution >= 4 is 17.3 Å². The first kappa shape index (κ1) is 9.96. The van der Waals surface area contributed by atoms with Crippen LogP contribution in [0.1, 0.15) is 13.8 Å². The molecule has 0 atom stereocenters. The minimum atomic E-state index is -0.685. The van der Waals surface area contributed by atoms with Crippen molar-refractivity contribution in [3.05, 3.63) is 24.0 Å². The number of rotatable bonds is 0. The Morgan fingerprint density at radius 1 is 1.40 bits per heavy atom. The molecule has 0 radical (unpaired) electrons. The van der Waals surface area contributed by atoms with Gasteiger partial charge in [0.2, 0.25) is 0 Å². The van der Waals surface area contributed by atoms with Crippen molar-refractivity contribution in [3.8, 4) is 0 Å². The zero-order chi connectivity index (χ0) is 11.2. The smallest absolute Gasteiger partial charge is 0.251 e. The Bertz CT molecular complexity index is 429. The van der Waals surface area contributed by atoms with Gasteiger partial charge in [0.1, 0.15) is 11.4 Å². The summed E-state index contributed by atoms with van der Waals surface area (Å²) in [5.41, 5.74) is 0.679. The molecule has 2 rings (SSSR count). The number of nitrogens with zero attached hydrogens (tertiary/aromatic N) is 1. The monoisotopic (exact) mass is 208 g/mol. The zero-order valence-corrected chi connectivity index (χ0v) is 8.97. The van der Waals surface area contributed by atoms with E-state index in [2.05, 4.69) is 5.32 Å². The molecule has 1 aromatic rings. The summed E-state index contributed by atoms with van der Waals surface area (Å²) in [4.78, 5) is 13.4. The van der Waals surface area contributed by atoms with Crippen molar-refractivity contribution in [2.45, 2.75) is 19.4 Å². The molecule has 1 N–H and O–H groups in total. The van der Waals surface area contributed by atoms with Gasteiger partial charge in [-0.15, -0.1) is 0 Å². The van der Waals surface area contributed by atoms with E-state index in [1.807, 2.05) is 0 Å². The third kappa shape index (κ3) is 1.46. The molecule has 1 aromatic carbocycles.